The number of rotatable bonds is 0. The van der Waals surface area contributed by atoms with E-state index in [0.717, 1.165) is 12.8 Å². The molecule has 0 spiro atoms. The van der Waals surface area contributed by atoms with Crippen LogP contribution in [-0.4, -0.2) is 0 Å². The van der Waals surface area contributed by atoms with Crippen LogP contribution in [0, 0.1) is 0 Å². The molecule has 0 aromatic heterocycles. The van der Waals surface area contributed by atoms with Crippen molar-refractivity contribution >= 4 is 0 Å². The van der Waals surface area contributed by atoms with Crippen LogP contribution in [-0.2, 0) is 12.8 Å². The van der Waals surface area contributed by atoms with Gasteiger partial charge in [0.05, 0.1) is 0 Å². The molecule has 0 fully saturated rings. The molecule has 0 saturated carbocycles. The molecule has 2 aliphatic rings. The smallest absolute Gasteiger partial charge is 0.00234 e. The summed E-state index contributed by atoms with van der Waals surface area (Å²) < 4.78 is 0. The Bertz CT molecular complexity index is 380. The highest BCUT2D eigenvalue weighted by atomic mass is 14.2. The Labute approximate surface area is 98.7 Å². The molecule has 0 saturated heterocycles. The van der Waals surface area contributed by atoms with Crippen LogP contribution < -0.4 is 0 Å². The normalized spacial score (nSPS) is 17.1. The maximum atomic E-state index is 2.42. The van der Waals surface area contributed by atoms with E-state index in [1.165, 1.54) is 24.0 Å². The number of hydrogen-bond donors (Lipinski definition) is 0. The average molecular weight is 212 g/mol. The van der Waals surface area contributed by atoms with Crippen molar-refractivity contribution in [1.82, 2.24) is 0 Å². The second kappa shape index (κ2) is 5.16. The van der Waals surface area contributed by atoms with Crippen molar-refractivity contribution in [2.75, 3.05) is 0 Å². The van der Waals surface area contributed by atoms with Gasteiger partial charge in [-0.05, 0) is 48.0 Å². The molecule has 0 unspecified atom stereocenters. The van der Waals surface area contributed by atoms with E-state index < -0.39 is 0 Å². The monoisotopic (exact) mass is 212 g/mol. The molecule has 0 heterocycles. The second-order valence-corrected chi connectivity index (χ2v) is 4.16. The molecule has 0 nitrogen and oxygen atoms in total. The summed E-state index contributed by atoms with van der Waals surface area (Å²) >= 11 is 0. The van der Waals surface area contributed by atoms with Crippen molar-refractivity contribution in [3.8, 4) is 0 Å². The molecule has 84 valence electrons. The number of benzene rings is 1. The van der Waals surface area contributed by atoms with E-state index in [-0.39, 0.29) is 0 Å². The van der Waals surface area contributed by atoms with Crippen LogP contribution in [0.15, 0.2) is 47.6 Å². The van der Waals surface area contributed by atoms with Crippen molar-refractivity contribution in [3.63, 3.8) is 0 Å². The molecule has 0 atom stereocenters. The van der Waals surface area contributed by atoms with E-state index in [9.17, 15) is 0 Å². The Hall–Kier alpha value is -1.30. The summed E-state index contributed by atoms with van der Waals surface area (Å²) in [6.07, 6.45) is 9.63. The fourth-order valence-electron chi connectivity index (χ4n) is 2.46. The number of fused-ring (bicyclic) bond motifs is 2. The summed E-state index contributed by atoms with van der Waals surface area (Å²) in [7, 11) is 0. The zero-order valence-corrected chi connectivity index (χ0v) is 10.3. The number of allylic oxidation sites excluding steroid dienone is 4. The third kappa shape index (κ3) is 2.11. The largest absolute Gasteiger partial charge is 0.0804 e. The highest BCUT2D eigenvalue weighted by Crippen LogP contribution is 2.32. The zero-order chi connectivity index (χ0) is 11.4. The summed E-state index contributed by atoms with van der Waals surface area (Å²) in [4.78, 5) is 0. The van der Waals surface area contributed by atoms with Gasteiger partial charge in [-0.3, -0.25) is 0 Å². The molecular formula is C16H20. The first kappa shape index (κ1) is 11.2. The molecule has 1 aromatic carbocycles. The van der Waals surface area contributed by atoms with Gasteiger partial charge in [-0.15, -0.1) is 0 Å². The molecule has 3 rings (SSSR count). The van der Waals surface area contributed by atoms with Crippen LogP contribution in [0.4, 0.5) is 0 Å². The molecule has 0 amide bonds. The van der Waals surface area contributed by atoms with Gasteiger partial charge in [0.2, 0.25) is 0 Å². The van der Waals surface area contributed by atoms with Crippen LogP contribution in [0.1, 0.15) is 37.8 Å². The lowest BCUT2D eigenvalue weighted by Crippen LogP contribution is -2.10. The Morgan fingerprint density at radius 1 is 0.750 bits per heavy atom. The first-order chi connectivity index (χ1) is 7.93. The van der Waals surface area contributed by atoms with Crippen LogP contribution in [0.2, 0.25) is 0 Å². The first-order valence-corrected chi connectivity index (χ1v) is 6.39. The van der Waals surface area contributed by atoms with Crippen LogP contribution in [0.3, 0.4) is 0 Å². The number of hydrogen-bond acceptors (Lipinski definition) is 0. The lowest BCUT2D eigenvalue weighted by molar-refractivity contribution is 0.898. The minimum absolute atomic E-state index is 1.15. The molecular weight excluding hydrogens is 192 g/mol. The van der Waals surface area contributed by atoms with Crippen LogP contribution >= 0.6 is 0 Å². The summed E-state index contributed by atoms with van der Waals surface area (Å²) in [5.41, 5.74) is 6.21. The Morgan fingerprint density at radius 3 is 1.62 bits per heavy atom. The Kier molecular flexibility index (Phi) is 3.61. The third-order valence-corrected chi connectivity index (χ3v) is 3.24. The third-order valence-electron chi connectivity index (χ3n) is 3.24. The summed E-state index contributed by atoms with van der Waals surface area (Å²) in [5.74, 6) is 0. The molecule has 0 heteroatoms. The van der Waals surface area contributed by atoms with Gasteiger partial charge in [-0.1, -0.05) is 50.3 Å². The minimum Gasteiger partial charge on any atom is -0.0804 e. The van der Waals surface area contributed by atoms with Crippen LogP contribution in [0.5, 0.6) is 0 Å². The Balaban J connectivity index is 0.000000457. The predicted molar refractivity (Wildman–Crippen MR) is 70.6 cm³/mol. The summed E-state index contributed by atoms with van der Waals surface area (Å²) in [6.45, 7) is 4.00. The Morgan fingerprint density at radius 2 is 1.19 bits per heavy atom. The fraction of sp³-hybridized carbons (Fsp3) is 0.375. The molecule has 16 heavy (non-hydrogen) atoms. The van der Waals surface area contributed by atoms with E-state index in [4.69, 9.17) is 0 Å². The lowest BCUT2D eigenvalue weighted by Gasteiger charge is -2.24. The average Bonchev–Trinajstić information content (AvgIpc) is 2.38. The van der Waals surface area contributed by atoms with Gasteiger partial charge in [-0.25, -0.2) is 0 Å². The fourth-order valence-corrected chi connectivity index (χ4v) is 2.46. The maximum absolute atomic E-state index is 2.42. The molecule has 0 aliphatic heterocycles. The van der Waals surface area contributed by atoms with Crippen molar-refractivity contribution in [2.24, 2.45) is 0 Å². The maximum Gasteiger partial charge on any atom is -0.00234 e. The van der Waals surface area contributed by atoms with Crippen molar-refractivity contribution in [3.05, 3.63) is 58.7 Å². The molecule has 0 radical (unpaired) electrons. The van der Waals surface area contributed by atoms with Gasteiger partial charge in [0.1, 0.15) is 0 Å². The van der Waals surface area contributed by atoms with Gasteiger partial charge in [0.15, 0.2) is 0 Å². The van der Waals surface area contributed by atoms with E-state index >= 15 is 0 Å². The molecule has 0 N–H and O–H groups in total. The summed E-state index contributed by atoms with van der Waals surface area (Å²) in [6, 6.07) is 8.83. The van der Waals surface area contributed by atoms with Gasteiger partial charge in [0, 0.05) is 0 Å². The highest BCUT2D eigenvalue weighted by molar-refractivity contribution is 5.48. The van der Waals surface area contributed by atoms with E-state index in [2.05, 4.69) is 36.4 Å². The van der Waals surface area contributed by atoms with Gasteiger partial charge < -0.3 is 0 Å². The standard InChI is InChI=1S/C14H14.C2H6/c1-2-6-12-10-14-8-4-3-7-13(14)9-11(12)5-1;1-2/h1-2,5-8H,3-4,9-10H2;1-2H3. The quantitative estimate of drug-likeness (QED) is 0.595. The van der Waals surface area contributed by atoms with Crippen molar-refractivity contribution in [1.29, 1.82) is 0 Å². The van der Waals surface area contributed by atoms with Crippen LogP contribution in [0.25, 0.3) is 0 Å². The SMILES string of the molecule is C1=C2Cc3ccccc3CC2=CCC1.CC. The zero-order valence-electron chi connectivity index (χ0n) is 10.3. The topological polar surface area (TPSA) is 0 Å². The molecule has 2 aliphatic carbocycles. The minimum atomic E-state index is 1.15. The summed E-state index contributed by atoms with van der Waals surface area (Å²) in [5, 5.41) is 0. The van der Waals surface area contributed by atoms with E-state index in [1.807, 2.05) is 13.8 Å². The molecule has 0 bridgehead atoms. The van der Waals surface area contributed by atoms with E-state index in [1.54, 1.807) is 11.1 Å². The first-order valence-electron chi connectivity index (χ1n) is 6.39. The second-order valence-electron chi connectivity index (χ2n) is 4.16. The van der Waals surface area contributed by atoms with Crippen molar-refractivity contribution < 1.29 is 0 Å². The van der Waals surface area contributed by atoms with E-state index in [0.29, 0.717) is 0 Å². The molecule has 1 aromatic rings. The van der Waals surface area contributed by atoms with Gasteiger partial charge >= 0.3 is 0 Å². The van der Waals surface area contributed by atoms with Crippen molar-refractivity contribution in [2.45, 2.75) is 39.5 Å². The predicted octanol–water partition coefficient (Wildman–Crippen LogP) is 4.46. The highest BCUT2D eigenvalue weighted by Gasteiger charge is 2.17. The van der Waals surface area contributed by atoms with Gasteiger partial charge in [-0.2, -0.15) is 0 Å². The van der Waals surface area contributed by atoms with Gasteiger partial charge in [0.25, 0.3) is 0 Å². The lowest BCUT2D eigenvalue weighted by atomic mass is 9.81.